The van der Waals surface area contributed by atoms with Crippen LogP contribution in [0.4, 0.5) is 0 Å². The lowest BCUT2D eigenvalue weighted by molar-refractivity contribution is -0.143. The molecule has 176 valence electrons. The van der Waals surface area contributed by atoms with Gasteiger partial charge in [0.2, 0.25) is 0 Å². The number of aliphatic carboxylic acids is 2. The fourth-order valence-electron chi connectivity index (χ4n) is 3.08. The molecule has 11 nitrogen and oxygen atoms in total. The first kappa shape index (κ1) is 26.7. The van der Waals surface area contributed by atoms with Gasteiger partial charge in [-0.15, -0.1) is 0 Å². The molecule has 0 aliphatic carbocycles. The SMILES string of the molecule is CN1CCN(C)CCN(CC(O)COCCOCC(=O)O)CCN(CC(=O)O)CC1. The number of hydrogen-bond donors (Lipinski definition) is 3. The van der Waals surface area contributed by atoms with E-state index in [-0.39, 0.29) is 33.0 Å². The van der Waals surface area contributed by atoms with Crippen molar-refractivity contribution < 1.29 is 34.4 Å². The molecule has 0 radical (unpaired) electrons. The summed E-state index contributed by atoms with van der Waals surface area (Å²) in [5.74, 6) is -1.87. The lowest BCUT2D eigenvalue weighted by Crippen LogP contribution is -2.47. The highest BCUT2D eigenvalue weighted by atomic mass is 16.5. The van der Waals surface area contributed by atoms with Crippen molar-refractivity contribution in [3.63, 3.8) is 0 Å². The molecule has 0 saturated carbocycles. The summed E-state index contributed by atoms with van der Waals surface area (Å²) in [7, 11) is 4.12. The number of hydrogen-bond acceptors (Lipinski definition) is 9. The van der Waals surface area contributed by atoms with E-state index >= 15 is 0 Å². The van der Waals surface area contributed by atoms with Gasteiger partial charge < -0.3 is 34.6 Å². The van der Waals surface area contributed by atoms with E-state index in [2.05, 4.69) is 21.7 Å². The van der Waals surface area contributed by atoms with Crippen LogP contribution in [0.25, 0.3) is 0 Å². The highest BCUT2D eigenvalue weighted by molar-refractivity contribution is 5.69. The largest absolute Gasteiger partial charge is 0.480 e. The molecule has 1 atom stereocenters. The molecule has 11 heteroatoms. The maximum absolute atomic E-state index is 11.2. The van der Waals surface area contributed by atoms with Gasteiger partial charge >= 0.3 is 11.9 Å². The first-order valence-electron chi connectivity index (χ1n) is 10.3. The zero-order valence-corrected chi connectivity index (χ0v) is 18.2. The molecule has 0 amide bonds. The van der Waals surface area contributed by atoms with Crippen molar-refractivity contribution in [2.75, 3.05) is 106 Å². The molecule has 1 saturated heterocycles. The van der Waals surface area contributed by atoms with Gasteiger partial charge in [0.25, 0.3) is 0 Å². The molecule has 1 heterocycles. The summed E-state index contributed by atoms with van der Waals surface area (Å²) in [6, 6.07) is 0. The van der Waals surface area contributed by atoms with E-state index in [1.54, 1.807) is 0 Å². The monoisotopic (exact) mass is 434 g/mol. The van der Waals surface area contributed by atoms with E-state index in [1.807, 2.05) is 11.9 Å². The fraction of sp³-hybridized carbons (Fsp3) is 0.895. The van der Waals surface area contributed by atoms with E-state index in [1.165, 1.54) is 0 Å². The van der Waals surface area contributed by atoms with Crippen LogP contribution in [0.1, 0.15) is 0 Å². The Balaban J connectivity index is 2.48. The third-order valence-corrected chi connectivity index (χ3v) is 4.93. The maximum atomic E-state index is 11.2. The van der Waals surface area contributed by atoms with Crippen LogP contribution in [0.2, 0.25) is 0 Å². The second-order valence-electron chi connectivity index (χ2n) is 7.75. The maximum Gasteiger partial charge on any atom is 0.329 e. The van der Waals surface area contributed by atoms with Crippen LogP contribution < -0.4 is 0 Å². The number of aliphatic hydroxyl groups excluding tert-OH is 1. The van der Waals surface area contributed by atoms with E-state index in [9.17, 15) is 19.8 Å². The zero-order valence-electron chi connectivity index (χ0n) is 18.2. The summed E-state index contributed by atoms with van der Waals surface area (Å²) in [5.41, 5.74) is 0. The normalized spacial score (nSPS) is 20.4. The van der Waals surface area contributed by atoms with Crippen molar-refractivity contribution in [1.82, 2.24) is 19.6 Å². The summed E-state index contributed by atoms with van der Waals surface area (Å²) in [6.45, 7) is 6.77. The second-order valence-corrected chi connectivity index (χ2v) is 7.75. The number of carbonyl (C=O) groups is 2. The lowest BCUT2D eigenvalue weighted by Gasteiger charge is -2.32. The van der Waals surface area contributed by atoms with Gasteiger partial charge in [0.15, 0.2) is 0 Å². The molecule has 30 heavy (non-hydrogen) atoms. The molecule has 1 aliphatic heterocycles. The molecule has 0 aromatic carbocycles. The van der Waals surface area contributed by atoms with Gasteiger partial charge in [0.05, 0.1) is 32.5 Å². The molecule has 3 N–H and O–H groups in total. The topological polar surface area (TPSA) is 126 Å². The van der Waals surface area contributed by atoms with Gasteiger partial charge in [0, 0.05) is 58.9 Å². The minimum Gasteiger partial charge on any atom is -0.480 e. The number of likely N-dealkylation sites (N-methyl/N-ethyl adjacent to an activating group) is 2. The van der Waals surface area contributed by atoms with Gasteiger partial charge in [-0.2, -0.15) is 0 Å². The molecule has 0 bridgehead atoms. The third-order valence-electron chi connectivity index (χ3n) is 4.93. The first-order valence-corrected chi connectivity index (χ1v) is 10.3. The van der Waals surface area contributed by atoms with Gasteiger partial charge in [-0.3, -0.25) is 14.6 Å². The fourth-order valence-corrected chi connectivity index (χ4v) is 3.08. The zero-order chi connectivity index (χ0) is 22.4. The Labute approximate surface area is 178 Å². The number of carboxylic acids is 2. The highest BCUT2D eigenvalue weighted by Gasteiger charge is 2.17. The predicted octanol–water partition coefficient (Wildman–Crippen LogP) is -1.97. The first-order chi connectivity index (χ1) is 14.3. The van der Waals surface area contributed by atoms with E-state index in [4.69, 9.17) is 14.6 Å². The Morgan fingerprint density at radius 2 is 1.30 bits per heavy atom. The summed E-state index contributed by atoms with van der Waals surface area (Å²) < 4.78 is 10.3. The summed E-state index contributed by atoms with van der Waals surface area (Å²) >= 11 is 0. The number of aliphatic hydroxyl groups is 1. The molecular formula is C19H38N4O7. The average molecular weight is 435 g/mol. The Morgan fingerprint density at radius 3 is 1.90 bits per heavy atom. The van der Waals surface area contributed by atoms with Crippen molar-refractivity contribution in [2.24, 2.45) is 0 Å². The Morgan fingerprint density at radius 1 is 0.800 bits per heavy atom. The smallest absolute Gasteiger partial charge is 0.329 e. The van der Waals surface area contributed by atoms with Gasteiger partial charge in [0.1, 0.15) is 6.61 Å². The Kier molecular flexibility index (Phi) is 13.8. The average Bonchev–Trinajstić information content (AvgIpc) is 2.67. The molecule has 1 aliphatic rings. The van der Waals surface area contributed by atoms with Gasteiger partial charge in [-0.25, -0.2) is 4.79 Å². The van der Waals surface area contributed by atoms with E-state index < -0.39 is 18.0 Å². The number of ether oxygens (including phenoxy) is 2. The van der Waals surface area contributed by atoms with Crippen LogP contribution in [0.5, 0.6) is 0 Å². The minimum absolute atomic E-state index is 0.00356. The van der Waals surface area contributed by atoms with Crippen LogP contribution in [0, 0.1) is 0 Å². The summed E-state index contributed by atoms with van der Waals surface area (Å²) in [6.07, 6.45) is -0.693. The van der Waals surface area contributed by atoms with Crippen LogP contribution in [-0.2, 0) is 19.1 Å². The number of rotatable bonds is 11. The van der Waals surface area contributed by atoms with Crippen LogP contribution in [0.3, 0.4) is 0 Å². The second kappa shape index (κ2) is 15.5. The van der Waals surface area contributed by atoms with Gasteiger partial charge in [-0.1, -0.05) is 0 Å². The third kappa shape index (κ3) is 13.8. The lowest BCUT2D eigenvalue weighted by atomic mass is 10.3. The molecule has 0 spiro atoms. The Bertz CT molecular complexity index is 498. The van der Waals surface area contributed by atoms with E-state index in [0.29, 0.717) is 26.2 Å². The van der Waals surface area contributed by atoms with Crippen LogP contribution >= 0.6 is 0 Å². The summed E-state index contributed by atoms with van der Waals surface area (Å²) in [5, 5.41) is 28.0. The van der Waals surface area contributed by atoms with Crippen molar-refractivity contribution in [3.8, 4) is 0 Å². The number of carboxylic acid groups (broad SMARTS) is 2. The van der Waals surface area contributed by atoms with E-state index in [0.717, 1.165) is 32.7 Å². The number of β-amino-alcohol motifs (C(OH)–C–C–N with tert-alkyl or cyclic N) is 1. The van der Waals surface area contributed by atoms with Crippen molar-refractivity contribution in [1.29, 1.82) is 0 Å². The molecule has 1 unspecified atom stereocenters. The quantitative estimate of drug-likeness (QED) is 0.314. The van der Waals surface area contributed by atoms with Crippen LogP contribution in [0.15, 0.2) is 0 Å². The highest BCUT2D eigenvalue weighted by Crippen LogP contribution is 2.01. The molecule has 0 aromatic rings. The molecule has 1 rings (SSSR count). The molecule has 0 aromatic heterocycles. The minimum atomic E-state index is -1.03. The standard InChI is InChI=1S/C19H38N4O7/c1-20-3-4-21(2)6-8-23(14-18(25)26)10-9-22(7-5-20)13-17(24)15-29-11-12-30-16-19(27)28/h17,24H,3-16H2,1-2H3,(H,25,26)(H,27,28). The van der Waals surface area contributed by atoms with Crippen LogP contribution in [-0.4, -0.2) is 159 Å². The summed E-state index contributed by atoms with van der Waals surface area (Å²) in [4.78, 5) is 30.1. The van der Waals surface area contributed by atoms with Crippen molar-refractivity contribution in [2.45, 2.75) is 6.10 Å². The molecular weight excluding hydrogens is 396 g/mol. The predicted molar refractivity (Wildman–Crippen MR) is 111 cm³/mol. The van der Waals surface area contributed by atoms with Gasteiger partial charge in [-0.05, 0) is 14.1 Å². The van der Waals surface area contributed by atoms with Crippen molar-refractivity contribution in [3.05, 3.63) is 0 Å². The molecule has 1 fully saturated rings. The Hall–Kier alpha value is -1.34. The number of nitrogens with zero attached hydrogens (tertiary/aromatic N) is 4. The van der Waals surface area contributed by atoms with Crippen molar-refractivity contribution >= 4 is 11.9 Å².